The maximum Gasteiger partial charge on any atom is 0.127 e. The Hall–Kier alpha value is -0.970. The molecule has 0 aromatic heterocycles. The van der Waals surface area contributed by atoms with E-state index in [-0.39, 0.29) is 11.9 Å². The van der Waals surface area contributed by atoms with Crippen molar-refractivity contribution in [3.8, 4) is 0 Å². The van der Waals surface area contributed by atoms with Gasteiger partial charge in [0.2, 0.25) is 0 Å². The fraction of sp³-hybridized carbons (Fsp3) is 0.600. The Bertz CT molecular complexity index is 454. The third kappa shape index (κ3) is 2.66. The van der Waals surface area contributed by atoms with Crippen LogP contribution in [0, 0.1) is 5.82 Å². The van der Waals surface area contributed by atoms with Crippen molar-refractivity contribution in [2.75, 3.05) is 19.6 Å². The maximum absolute atomic E-state index is 13.7. The molecule has 0 bridgehead atoms. The van der Waals surface area contributed by atoms with Crippen LogP contribution in [0.3, 0.4) is 0 Å². The molecule has 2 heterocycles. The number of piperazine rings is 1. The molecule has 0 saturated carbocycles. The highest BCUT2D eigenvalue weighted by molar-refractivity contribution is 5.17. The van der Waals surface area contributed by atoms with E-state index in [0.29, 0.717) is 18.6 Å². The Labute approximate surface area is 113 Å². The number of aliphatic hydroxyl groups excluding tert-OH is 1. The van der Waals surface area contributed by atoms with Crippen molar-refractivity contribution in [1.29, 1.82) is 0 Å². The molecular formula is C15H21FN2O. The summed E-state index contributed by atoms with van der Waals surface area (Å²) in [6.45, 7) is 5.53. The molecule has 0 radical (unpaired) electrons. The van der Waals surface area contributed by atoms with Crippen molar-refractivity contribution in [2.45, 2.75) is 38.1 Å². The number of fused-ring (bicyclic) bond motifs is 1. The van der Waals surface area contributed by atoms with Gasteiger partial charge in [0.15, 0.2) is 0 Å². The minimum absolute atomic E-state index is 0.122. The Morgan fingerprint density at radius 1 is 1.26 bits per heavy atom. The van der Waals surface area contributed by atoms with E-state index in [0.717, 1.165) is 31.6 Å². The second-order valence-corrected chi connectivity index (χ2v) is 5.87. The van der Waals surface area contributed by atoms with Crippen molar-refractivity contribution >= 4 is 0 Å². The van der Waals surface area contributed by atoms with E-state index in [1.807, 2.05) is 12.1 Å². The number of hydrogen-bond acceptors (Lipinski definition) is 3. The minimum Gasteiger partial charge on any atom is -0.392 e. The molecule has 3 nitrogen and oxygen atoms in total. The second-order valence-electron chi connectivity index (χ2n) is 5.87. The van der Waals surface area contributed by atoms with E-state index in [2.05, 4.69) is 16.7 Å². The molecule has 2 aliphatic heterocycles. The van der Waals surface area contributed by atoms with Crippen molar-refractivity contribution in [2.24, 2.45) is 0 Å². The molecule has 2 saturated heterocycles. The quantitative estimate of drug-likeness (QED) is 0.876. The van der Waals surface area contributed by atoms with E-state index in [9.17, 15) is 9.50 Å². The van der Waals surface area contributed by atoms with E-state index < -0.39 is 0 Å². The molecule has 3 atom stereocenters. The molecule has 104 valence electrons. The number of rotatable bonds is 2. The average Bonchev–Trinajstić information content (AvgIpc) is 2.71. The maximum atomic E-state index is 13.7. The van der Waals surface area contributed by atoms with Crippen LogP contribution < -0.4 is 0 Å². The fourth-order valence-electron chi connectivity index (χ4n) is 3.34. The molecule has 0 unspecified atom stereocenters. The predicted molar refractivity (Wildman–Crippen MR) is 72.3 cm³/mol. The van der Waals surface area contributed by atoms with Crippen molar-refractivity contribution < 1.29 is 9.50 Å². The molecule has 2 aliphatic rings. The topological polar surface area (TPSA) is 26.7 Å². The van der Waals surface area contributed by atoms with Gasteiger partial charge in [-0.2, -0.15) is 0 Å². The summed E-state index contributed by atoms with van der Waals surface area (Å²) in [7, 11) is 0. The zero-order chi connectivity index (χ0) is 13.4. The van der Waals surface area contributed by atoms with Crippen LogP contribution in [0.1, 0.15) is 18.9 Å². The number of aliphatic hydroxyl groups is 1. The number of nitrogens with zero attached hydrogens (tertiary/aromatic N) is 2. The number of benzene rings is 1. The first-order valence-corrected chi connectivity index (χ1v) is 7.03. The van der Waals surface area contributed by atoms with Crippen LogP contribution in [0.25, 0.3) is 0 Å². The molecule has 0 amide bonds. The predicted octanol–water partition coefficient (Wildman–Crippen LogP) is 1.46. The van der Waals surface area contributed by atoms with Gasteiger partial charge in [-0.1, -0.05) is 18.2 Å². The van der Waals surface area contributed by atoms with Gasteiger partial charge in [0.25, 0.3) is 0 Å². The van der Waals surface area contributed by atoms with Crippen molar-refractivity contribution in [3.05, 3.63) is 35.6 Å². The smallest absolute Gasteiger partial charge is 0.127 e. The molecular weight excluding hydrogens is 243 g/mol. The summed E-state index contributed by atoms with van der Waals surface area (Å²) < 4.78 is 13.7. The summed E-state index contributed by atoms with van der Waals surface area (Å²) in [5, 5.41) is 9.75. The van der Waals surface area contributed by atoms with Crippen LogP contribution in [0.5, 0.6) is 0 Å². The van der Waals surface area contributed by atoms with Gasteiger partial charge in [-0.3, -0.25) is 9.80 Å². The molecule has 0 aliphatic carbocycles. The molecule has 1 aromatic carbocycles. The zero-order valence-electron chi connectivity index (χ0n) is 11.3. The summed E-state index contributed by atoms with van der Waals surface area (Å²) >= 11 is 0. The molecule has 1 N–H and O–H groups in total. The second kappa shape index (κ2) is 5.19. The molecule has 4 heteroatoms. The largest absolute Gasteiger partial charge is 0.392 e. The van der Waals surface area contributed by atoms with Gasteiger partial charge in [0.05, 0.1) is 6.10 Å². The lowest BCUT2D eigenvalue weighted by Gasteiger charge is -2.42. The normalized spacial score (nSPS) is 32.5. The lowest BCUT2D eigenvalue weighted by molar-refractivity contribution is 0.0521. The SMILES string of the molecule is C[C@H]1CN2C[C@H](O)C[C@H]2CN1Cc1ccccc1F. The van der Waals surface area contributed by atoms with E-state index in [1.165, 1.54) is 6.07 Å². The van der Waals surface area contributed by atoms with Gasteiger partial charge in [-0.25, -0.2) is 4.39 Å². The lowest BCUT2D eigenvalue weighted by Crippen LogP contribution is -2.54. The molecule has 1 aromatic rings. The van der Waals surface area contributed by atoms with Gasteiger partial charge >= 0.3 is 0 Å². The van der Waals surface area contributed by atoms with Crippen molar-refractivity contribution in [1.82, 2.24) is 9.80 Å². The summed E-state index contributed by atoms with van der Waals surface area (Å²) in [5.41, 5.74) is 0.765. The highest BCUT2D eigenvalue weighted by Crippen LogP contribution is 2.26. The summed E-state index contributed by atoms with van der Waals surface area (Å²) in [4.78, 5) is 4.70. The van der Waals surface area contributed by atoms with Crippen LogP contribution in [-0.2, 0) is 6.54 Å². The van der Waals surface area contributed by atoms with Crippen LogP contribution in [0.4, 0.5) is 4.39 Å². The van der Waals surface area contributed by atoms with Gasteiger partial charge in [0, 0.05) is 43.8 Å². The van der Waals surface area contributed by atoms with Gasteiger partial charge in [-0.05, 0) is 19.4 Å². The van der Waals surface area contributed by atoms with Crippen LogP contribution >= 0.6 is 0 Å². The number of hydrogen-bond donors (Lipinski definition) is 1. The molecule has 0 spiro atoms. The average molecular weight is 264 g/mol. The summed E-state index contributed by atoms with van der Waals surface area (Å²) in [5.74, 6) is -0.122. The first kappa shape index (κ1) is 13.0. The van der Waals surface area contributed by atoms with Gasteiger partial charge < -0.3 is 5.11 Å². The summed E-state index contributed by atoms with van der Waals surface area (Å²) in [6.07, 6.45) is 0.658. The Morgan fingerprint density at radius 2 is 2.05 bits per heavy atom. The standard InChI is InChI=1S/C15H21FN2O/c1-11-7-18-10-14(19)6-13(18)9-17(11)8-12-4-2-3-5-15(12)16/h2-5,11,13-14,19H,6-10H2,1H3/t11-,13-,14+/m0/s1. The Balaban J connectivity index is 1.70. The van der Waals surface area contributed by atoms with Crippen molar-refractivity contribution in [3.63, 3.8) is 0 Å². The first-order chi connectivity index (χ1) is 9.13. The minimum atomic E-state index is -0.189. The third-order valence-corrected chi connectivity index (χ3v) is 4.40. The van der Waals surface area contributed by atoms with Crippen LogP contribution in [-0.4, -0.2) is 52.7 Å². The zero-order valence-corrected chi connectivity index (χ0v) is 11.3. The lowest BCUT2D eigenvalue weighted by atomic mass is 10.1. The molecule has 19 heavy (non-hydrogen) atoms. The first-order valence-electron chi connectivity index (χ1n) is 7.03. The van der Waals surface area contributed by atoms with E-state index in [4.69, 9.17) is 0 Å². The van der Waals surface area contributed by atoms with Crippen LogP contribution in [0.2, 0.25) is 0 Å². The van der Waals surface area contributed by atoms with E-state index in [1.54, 1.807) is 6.07 Å². The third-order valence-electron chi connectivity index (χ3n) is 4.40. The Kier molecular flexibility index (Phi) is 3.56. The summed E-state index contributed by atoms with van der Waals surface area (Å²) in [6, 6.07) is 7.83. The monoisotopic (exact) mass is 264 g/mol. The number of halogens is 1. The fourth-order valence-corrected chi connectivity index (χ4v) is 3.34. The van der Waals surface area contributed by atoms with Crippen LogP contribution in [0.15, 0.2) is 24.3 Å². The van der Waals surface area contributed by atoms with Gasteiger partial charge in [0.1, 0.15) is 5.82 Å². The van der Waals surface area contributed by atoms with Gasteiger partial charge in [-0.15, -0.1) is 0 Å². The van der Waals surface area contributed by atoms with E-state index >= 15 is 0 Å². The Morgan fingerprint density at radius 3 is 2.84 bits per heavy atom. The molecule has 2 fully saturated rings. The highest BCUT2D eigenvalue weighted by atomic mass is 19.1. The highest BCUT2D eigenvalue weighted by Gasteiger charge is 2.38. The molecule has 3 rings (SSSR count).